The summed E-state index contributed by atoms with van der Waals surface area (Å²) in [6.45, 7) is 1.89. The van der Waals surface area contributed by atoms with Crippen LogP contribution in [0.4, 0.5) is 0 Å². The van der Waals surface area contributed by atoms with Gasteiger partial charge in [-0.15, -0.1) is 0 Å². The molecule has 0 aromatic rings. The summed E-state index contributed by atoms with van der Waals surface area (Å²) in [5, 5.41) is 10.8. The number of carboxylic acids is 1. The standard InChI is InChI=1S/C9H16N2O4S/c12-9(13)8-2-1-5-11(16(8,14)15)7-3-4-10-6-7/h7-8,10H,1-6H2,(H,12,13). The van der Waals surface area contributed by atoms with E-state index >= 15 is 0 Å². The Kier molecular flexibility index (Phi) is 3.18. The molecule has 6 nitrogen and oxygen atoms in total. The number of sulfonamides is 1. The number of hydrogen-bond donors (Lipinski definition) is 2. The lowest BCUT2D eigenvalue weighted by Crippen LogP contribution is -2.52. The number of rotatable bonds is 2. The Labute approximate surface area is 94.7 Å². The highest BCUT2D eigenvalue weighted by Gasteiger charge is 2.43. The van der Waals surface area contributed by atoms with Crippen LogP contribution in [-0.4, -0.2) is 54.7 Å². The predicted molar refractivity (Wildman–Crippen MR) is 57.6 cm³/mol. The molecule has 0 bridgehead atoms. The van der Waals surface area contributed by atoms with Gasteiger partial charge in [-0.05, 0) is 25.8 Å². The number of hydrogen-bond acceptors (Lipinski definition) is 4. The molecule has 0 spiro atoms. The SMILES string of the molecule is O=C(O)C1CCCN(C2CCNC2)S1(=O)=O. The van der Waals surface area contributed by atoms with E-state index in [1.54, 1.807) is 0 Å². The molecule has 0 aromatic heterocycles. The van der Waals surface area contributed by atoms with Gasteiger partial charge in [0.2, 0.25) is 10.0 Å². The van der Waals surface area contributed by atoms with Crippen molar-refractivity contribution in [2.24, 2.45) is 0 Å². The van der Waals surface area contributed by atoms with Crippen molar-refractivity contribution in [3.63, 3.8) is 0 Å². The van der Waals surface area contributed by atoms with Crippen molar-refractivity contribution in [3.05, 3.63) is 0 Å². The molecule has 2 N–H and O–H groups in total. The summed E-state index contributed by atoms with van der Waals surface area (Å²) < 4.78 is 25.5. The van der Waals surface area contributed by atoms with Crippen molar-refractivity contribution in [3.8, 4) is 0 Å². The number of carboxylic acid groups (broad SMARTS) is 1. The van der Waals surface area contributed by atoms with Crippen molar-refractivity contribution in [2.45, 2.75) is 30.6 Å². The molecule has 0 aromatic carbocycles. The maximum absolute atomic E-state index is 12.1. The molecule has 2 aliphatic rings. The lowest BCUT2D eigenvalue weighted by molar-refractivity contribution is -0.136. The van der Waals surface area contributed by atoms with Crippen molar-refractivity contribution in [1.29, 1.82) is 0 Å². The number of nitrogens with zero attached hydrogens (tertiary/aromatic N) is 1. The van der Waals surface area contributed by atoms with E-state index in [9.17, 15) is 13.2 Å². The molecule has 0 radical (unpaired) electrons. The maximum Gasteiger partial charge on any atom is 0.323 e. The summed E-state index contributed by atoms with van der Waals surface area (Å²) >= 11 is 0. The molecular formula is C9H16N2O4S. The van der Waals surface area contributed by atoms with E-state index in [0.717, 1.165) is 13.0 Å². The smallest absolute Gasteiger partial charge is 0.323 e. The zero-order chi connectivity index (χ0) is 11.8. The van der Waals surface area contributed by atoms with Gasteiger partial charge in [-0.1, -0.05) is 0 Å². The summed E-state index contributed by atoms with van der Waals surface area (Å²) in [6.07, 6.45) is 1.63. The summed E-state index contributed by atoms with van der Waals surface area (Å²) in [6, 6.07) is -0.0628. The number of carbonyl (C=O) groups is 1. The summed E-state index contributed by atoms with van der Waals surface area (Å²) in [5.41, 5.74) is 0. The fraction of sp³-hybridized carbons (Fsp3) is 0.889. The van der Waals surface area contributed by atoms with Crippen LogP contribution in [0.15, 0.2) is 0 Å². The fourth-order valence-corrected chi connectivity index (χ4v) is 4.42. The molecule has 2 aliphatic heterocycles. The molecule has 92 valence electrons. The molecule has 0 aliphatic carbocycles. The normalized spacial score (nSPS) is 35.0. The molecule has 2 atom stereocenters. The molecule has 7 heteroatoms. The monoisotopic (exact) mass is 248 g/mol. The number of nitrogens with one attached hydrogen (secondary N) is 1. The Bertz CT molecular complexity index is 375. The van der Waals surface area contributed by atoms with E-state index in [-0.39, 0.29) is 12.5 Å². The van der Waals surface area contributed by atoms with Crippen LogP contribution in [0.25, 0.3) is 0 Å². The molecule has 2 rings (SSSR count). The molecule has 0 saturated carbocycles. The lowest BCUT2D eigenvalue weighted by atomic mass is 10.2. The Morgan fingerprint density at radius 2 is 2.12 bits per heavy atom. The minimum absolute atomic E-state index is 0.0628. The van der Waals surface area contributed by atoms with Crippen LogP contribution < -0.4 is 5.32 Å². The molecule has 2 unspecified atom stereocenters. The average molecular weight is 248 g/mol. The van der Waals surface area contributed by atoms with E-state index in [1.807, 2.05) is 0 Å². The van der Waals surface area contributed by atoms with Crippen molar-refractivity contribution in [1.82, 2.24) is 9.62 Å². The van der Waals surface area contributed by atoms with E-state index < -0.39 is 21.2 Å². The zero-order valence-electron chi connectivity index (χ0n) is 8.92. The van der Waals surface area contributed by atoms with Crippen LogP contribution in [0.5, 0.6) is 0 Å². The molecule has 16 heavy (non-hydrogen) atoms. The van der Waals surface area contributed by atoms with Gasteiger partial charge in [0.15, 0.2) is 5.25 Å². The third-order valence-electron chi connectivity index (χ3n) is 3.25. The molecule has 0 amide bonds. The van der Waals surface area contributed by atoms with E-state index in [1.165, 1.54) is 4.31 Å². The first-order chi connectivity index (χ1) is 7.53. The van der Waals surface area contributed by atoms with Crippen LogP contribution in [-0.2, 0) is 14.8 Å². The largest absolute Gasteiger partial charge is 0.480 e. The quantitative estimate of drug-likeness (QED) is 0.670. The third-order valence-corrected chi connectivity index (χ3v) is 5.54. The lowest BCUT2D eigenvalue weighted by Gasteiger charge is -2.34. The minimum Gasteiger partial charge on any atom is -0.480 e. The second kappa shape index (κ2) is 4.31. The molecule has 2 fully saturated rings. The van der Waals surface area contributed by atoms with Crippen molar-refractivity contribution >= 4 is 16.0 Å². The van der Waals surface area contributed by atoms with Crippen LogP contribution >= 0.6 is 0 Å². The van der Waals surface area contributed by atoms with Gasteiger partial charge in [0.1, 0.15) is 0 Å². The van der Waals surface area contributed by atoms with Gasteiger partial charge in [-0.25, -0.2) is 8.42 Å². The molecular weight excluding hydrogens is 232 g/mol. The van der Waals surface area contributed by atoms with Gasteiger partial charge >= 0.3 is 5.97 Å². The second-order valence-electron chi connectivity index (χ2n) is 4.27. The molecule has 2 saturated heterocycles. The van der Waals surface area contributed by atoms with Crippen LogP contribution in [0, 0.1) is 0 Å². The third kappa shape index (κ3) is 1.94. The van der Waals surface area contributed by atoms with Gasteiger partial charge in [0.05, 0.1) is 0 Å². The summed E-state index contributed by atoms with van der Waals surface area (Å²) in [4.78, 5) is 10.9. The van der Waals surface area contributed by atoms with Crippen LogP contribution in [0.2, 0.25) is 0 Å². The van der Waals surface area contributed by atoms with Crippen LogP contribution in [0.3, 0.4) is 0 Å². The Morgan fingerprint density at radius 1 is 1.38 bits per heavy atom. The highest BCUT2D eigenvalue weighted by atomic mass is 32.2. The van der Waals surface area contributed by atoms with Gasteiger partial charge in [-0.2, -0.15) is 4.31 Å². The Hall–Kier alpha value is -0.660. The van der Waals surface area contributed by atoms with Gasteiger partial charge < -0.3 is 10.4 Å². The highest BCUT2D eigenvalue weighted by Crippen LogP contribution is 2.25. The van der Waals surface area contributed by atoms with E-state index in [0.29, 0.717) is 19.5 Å². The second-order valence-corrected chi connectivity index (χ2v) is 6.34. The van der Waals surface area contributed by atoms with E-state index in [4.69, 9.17) is 5.11 Å². The fourth-order valence-electron chi connectivity index (χ4n) is 2.40. The first-order valence-electron chi connectivity index (χ1n) is 5.47. The first kappa shape index (κ1) is 11.8. The molecule has 2 heterocycles. The van der Waals surface area contributed by atoms with Crippen LogP contribution in [0.1, 0.15) is 19.3 Å². The predicted octanol–water partition coefficient (Wildman–Crippen LogP) is -0.773. The van der Waals surface area contributed by atoms with Gasteiger partial charge in [0, 0.05) is 19.1 Å². The highest BCUT2D eigenvalue weighted by molar-refractivity contribution is 7.90. The Balaban J connectivity index is 2.22. The van der Waals surface area contributed by atoms with Crippen molar-refractivity contribution in [2.75, 3.05) is 19.6 Å². The topological polar surface area (TPSA) is 86.7 Å². The van der Waals surface area contributed by atoms with E-state index in [2.05, 4.69) is 5.32 Å². The minimum atomic E-state index is -3.65. The summed E-state index contributed by atoms with van der Waals surface area (Å²) in [7, 11) is -3.65. The number of aliphatic carboxylic acids is 1. The zero-order valence-corrected chi connectivity index (χ0v) is 9.74. The maximum atomic E-state index is 12.1. The Morgan fingerprint density at radius 3 is 2.69 bits per heavy atom. The van der Waals surface area contributed by atoms with Crippen molar-refractivity contribution < 1.29 is 18.3 Å². The van der Waals surface area contributed by atoms with Gasteiger partial charge in [0.25, 0.3) is 0 Å². The average Bonchev–Trinajstić information content (AvgIpc) is 2.68. The van der Waals surface area contributed by atoms with Gasteiger partial charge in [-0.3, -0.25) is 4.79 Å². The summed E-state index contributed by atoms with van der Waals surface area (Å²) in [5.74, 6) is -1.23. The first-order valence-corrected chi connectivity index (χ1v) is 6.98.